The first-order valence-electron chi connectivity index (χ1n) is 7.67. The topological polar surface area (TPSA) is 49.3 Å². The van der Waals surface area contributed by atoms with Crippen LogP contribution in [0.3, 0.4) is 0 Å². The molecule has 0 radical (unpaired) electrons. The second kappa shape index (κ2) is 7.42. The van der Waals surface area contributed by atoms with Crippen molar-refractivity contribution in [2.24, 2.45) is 16.3 Å². The van der Waals surface area contributed by atoms with Crippen molar-refractivity contribution >= 4 is 29.9 Å². The molecule has 0 bridgehead atoms. The molecule has 0 spiro atoms. The molecule has 2 aliphatic rings. The Kier molecular flexibility index (Phi) is 5.84. The summed E-state index contributed by atoms with van der Waals surface area (Å²) < 4.78 is 0. The van der Waals surface area contributed by atoms with Crippen LogP contribution in [0, 0.1) is 11.3 Å². The second-order valence-electron chi connectivity index (χ2n) is 6.06. The number of nitrogens with zero attached hydrogens (tertiary/aromatic N) is 2. The van der Waals surface area contributed by atoms with Gasteiger partial charge in [-0.25, -0.2) is 0 Å². The zero-order chi connectivity index (χ0) is 13.8. The third-order valence-electron chi connectivity index (χ3n) is 4.57. The van der Waals surface area contributed by atoms with Crippen molar-refractivity contribution < 1.29 is 0 Å². The van der Waals surface area contributed by atoms with Crippen LogP contribution in [0.25, 0.3) is 0 Å². The summed E-state index contributed by atoms with van der Waals surface area (Å²) in [5, 5.41) is 6.87. The Balaban J connectivity index is 0.00000161. The normalized spacial score (nSPS) is 19.6. The van der Waals surface area contributed by atoms with Gasteiger partial charge in [0.1, 0.15) is 0 Å². The molecule has 0 aromatic carbocycles. The van der Waals surface area contributed by atoms with Crippen molar-refractivity contribution in [2.45, 2.75) is 32.1 Å². The monoisotopic (exact) mass is 400 g/mol. The van der Waals surface area contributed by atoms with E-state index in [0.717, 1.165) is 37.1 Å². The number of aromatic nitrogens is 1. The van der Waals surface area contributed by atoms with Crippen molar-refractivity contribution in [3.05, 3.63) is 30.1 Å². The highest BCUT2D eigenvalue weighted by Crippen LogP contribution is 2.60. The lowest BCUT2D eigenvalue weighted by Gasteiger charge is -2.18. The highest BCUT2D eigenvalue weighted by molar-refractivity contribution is 14.0. The van der Waals surface area contributed by atoms with Gasteiger partial charge in [0.2, 0.25) is 0 Å². The van der Waals surface area contributed by atoms with E-state index >= 15 is 0 Å². The van der Waals surface area contributed by atoms with Gasteiger partial charge in [-0.15, -0.1) is 24.0 Å². The number of halogens is 1. The highest BCUT2D eigenvalue weighted by Gasteiger charge is 2.53. The van der Waals surface area contributed by atoms with Gasteiger partial charge >= 0.3 is 0 Å². The number of aliphatic imine (C=N–C) groups is 1. The van der Waals surface area contributed by atoms with Crippen molar-refractivity contribution in [3.63, 3.8) is 0 Å². The largest absolute Gasteiger partial charge is 0.356 e. The number of hydrogen-bond donors (Lipinski definition) is 2. The number of pyridine rings is 1. The molecule has 2 N–H and O–H groups in total. The molecule has 0 aliphatic heterocycles. The van der Waals surface area contributed by atoms with E-state index in [9.17, 15) is 0 Å². The lowest BCUT2D eigenvalue weighted by molar-refractivity contribution is 0.431. The summed E-state index contributed by atoms with van der Waals surface area (Å²) in [6, 6.07) is 6.04. The van der Waals surface area contributed by atoms with Gasteiger partial charge in [-0.3, -0.25) is 9.98 Å². The molecule has 0 atom stereocenters. The Labute approximate surface area is 144 Å². The molecule has 3 rings (SSSR count). The van der Waals surface area contributed by atoms with E-state index in [1.54, 1.807) is 0 Å². The summed E-state index contributed by atoms with van der Waals surface area (Å²) in [5.74, 6) is 1.91. The van der Waals surface area contributed by atoms with Gasteiger partial charge in [0.25, 0.3) is 0 Å². The number of nitrogens with one attached hydrogen (secondary N) is 2. The van der Waals surface area contributed by atoms with Crippen molar-refractivity contribution in [3.8, 4) is 0 Å². The Hall–Kier alpha value is -0.850. The lowest BCUT2D eigenvalue weighted by Crippen LogP contribution is -2.41. The summed E-state index contributed by atoms with van der Waals surface area (Å²) in [4.78, 5) is 8.63. The fourth-order valence-electron chi connectivity index (χ4n) is 2.92. The van der Waals surface area contributed by atoms with Gasteiger partial charge < -0.3 is 10.6 Å². The third-order valence-corrected chi connectivity index (χ3v) is 4.57. The SMILES string of the molecule is CN=C(NCCc1ccccn1)NCC1(C2CC2)CC1.I. The lowest BCUT2D eigenvalue weighted by atomic mass is 10.0. The molecule has 0 saturated heterocycles. The summed E-state index contributed by atoms with van der Waals surface area (Å²) in [6.07, 6.45) is 8.44. The fraction of sp³-hybridized carbons (Fsp3) is 0.625. The van der Waals surface area contributed by atoms with Gasteiger partial charge in [-0.05, 0) is 49.1 Å². The first kappa shape index (κ1) is 16.5. The molecule has 2 aliphatic carbocycles. The molecule has 116 valence electrons. The van der Waals surface area contributed by atoms with Crippen LogP contribution < -0.4 is 10.6 Å². The molecule has 4 nitrogen and oxygen atoms in total. The molecule has 2 fully saturated rings. The first-order valence-corrected chi connectivity index (χ1v) is 7.67. The summed E-state index contributed by atoms with van der Waals surface area (Å²) in [6.45, 7) is 1.95. The maximum absolute atomic E-state index is 4.33. The van der Waals surface area contributed by atoms with Crippen molar-refractivity contribution in [1.29, 1.82) is 0 Å². The summed E-state index contributed by atoms with van der Waals surface area (Å²) in [5.41, 5.74) is 1.73. The average Bonchev–Trinajstić information content (AvgIpc) is 3.37. The average molecular weight is 400 g/mol. The molecule has 0 amide bonds. The van der Waals surface area contributed by atoms with E-state index in [-0.39, 0.29) is 24.0 Å². The summed E-state index contributed by atoms with van der Waals surface area (Å²) >= 11 is 0. The standard InChI is InChI=1S/C16H24N4.HI/c1-17-15(19-11-7-14-4-2-3-10-18-14)20-12-16(8-9-16)13-5-6-13;/h2-4,10,13H,5-9,11-12H2,1H3,(H2,17,19,20);1H. The second-order valence-corrected chi connectivity index (χ2v) is 6.06. The molecular weight excluding hydrogens is 375 g/mol. The Morgan fingerprint density at radius 2 is 2.14 bits per heavy atom. The van der Waals surface area contributed by atoms with Gasteiger partial charge in [-0.2, -0.15) is 0 Å². The van der Waals surface area contributed by atoms with Crippen molar-refractivity contribution in [2.75, 3.05) is 20.1 Å². The minimum Gasteiger partial charge on any atom is -0.356 e. The van der Waals surface area contributed by atoms with Gasteiger partial charge in [0.15, 0.2) is 5.96 Å². The van der Waals surface area contributed by atoms with Crippen LogP contribution in [0.4, 0.5) is 0 Å². The number of guanidine groups is 1. The molecule has 5 heteroatoms. The minimum absolute atomic E-state index is 0. The van der Waals surface area contributed by atoms with Crippen LogP contribution >= 0.6 is 24.0 Å². The molecule has 21 heavy (non-hydrogen) atoms. The van der Waals surface area contributed by atoms with E-state index < -0.39 is 0 Å². The third kappa shape index (κ3) is 4.56. The Bertz CT molecular complexity index is 466. The van der Waals surface area contributed by atoms with Crippen LogP contribution in [-0.2, 0) is 6.42 Å². The highest BCUT2D eigenvalue weighted by atomic mass is 127. The fourth-order valence-corrected chi connectivity index (χ4v) is 2.92. The predicted molar refractivity (Wildman–Crippen MR) is 97.1 cm³/mol. The first-order chi connectivity index (χ1) is 9.82. The molecule has 1 heterocycles. The minimum atomic E-state index is 0. The number of rotatable bonds is 6. The molecular formula is C16H25IN4. The zero-order valence-electron chi connectivity index (χ0n) is 12.6. The maximum atomic E-state index is 4.33. The van der Waals surface area contributed by atoms with E-state index in [4.69, 9.17) is 0 Å². The zero-order valence-corrected chi connectivity index (χ0v) is 15.0. The predicted octanol–water partition coefficient (Wildman–Crippen LogP) is 2.60. The van der Waals surface area contributed by atoms with Crippen LogP contribution in [0.5, 0.6) is 0 Å². The van der Waals surface area contributed by atoms with E-state index in [0.29, 0.717) is 5.41 Å². The Morgan fingerprint density at radius 1 is 1.33 bits per heavy atom. The Morgan fingerprint density at radius 3 is 2.71 bits per heavy atom. The summed E-state index contributed by atoms with van der Waals surface area (Å²) in [7, 11) is 1.84. The smallest absolute Gasteiger partial charge is 0.191 e. The van der Waals surface area contributed by atoms with Gasteiger partial charge in [0.05, 0.1) is 0 Å². The quantitative estimate of drug-likeness (QED) is 0.439. The molecule has 1 aromatic rings. The molecule has 1 aromatic heterocycles. The molecule has 0 unspecified atom stereocenters. The molecule has 2 saturated carbocycles. The van der Waals surface area contributed by atoms with E-state index in [2.05, 4.69) is 26.7 Å². The van der Waals surface area contributed by atoms with Crippen LogP contribution in [0.15, 0.2) is 29.4 Å². The van der Waals surface area contributed by atoms with E-state index in [1.807, 2.05) is 25.4 Å². The van der Waals surface area contributed by atoms with Crippen LogP contribution in [0.1, 0.15) is 31.4 Å². The van der Waals surface area contributed by atoms with Gasteiger partial charge in [0, 0.05) is 38.4 Å². The number of hydrogen-bond acceptors (Lipinski definition) is 2. The van der Waals surface area contributed by atoms with Crippen molar-refractivity contribution in [1.82, 2.24) is 15.6 Å². The van der Waals surface area contributed by atoms with Crippen LogP contribution in [0.2, 0.25) is 0 Å². The van der Waals surface area contributed by atoms with Gasteiger partial charge in [-0.1, -0.05) is 6.07 Å². The van der Waals surface area contributed by atoms with Crippen LogP contribution in [-0.4, -0.2) is 31.1 Å². The van der Waals surface area contributed by atoms with E-state index in [1.165, 1.54) is 25.7 Å². The maximum Gasteiger partial charge on any atom is 0.191 e.